The summed E-state index contributed by atoms with van der Waals surface area (Å²) in [6, 6.07) is 0. The van der Waals surface area contributed by atoms with Crippen LogP contribution in [0.2, 0.25) is 0 Å². The summed E-state index contributed by atoms with van der Waals surface area (Å²) in [5.41, 5.74) is 0. The fourth-order valence-corrected chi connectivity index (χ4v) is 0.220. The van der Waals surface area contributed by atoms with Crippen LogP contribution in [-0.2, 0) is 0 Å². The van der Waals surface area contributed by atoms with Gasteiger partial charge in [0, 0.05) is 0 Å². The molecule has 5 nitrogen and oxygen atoms in total. The van der Waals surface area contributed by atoms with Gasteiger partial charge in [-0.25, -0.2) is 0 Å². The molecule has 0 aliphatic heterocycles. The van der Waals surface area contributed by atoms with Crippen molar-refractivity contribution in [2.45, 2.75) is 0 Å². The van der Waals surface area contributed by atoms with Crippen molar-refractivity contribution in [2.75, 3.05) is 0 Å². The van der Waals surface area contributed by atoms with Gasteiger partial charge in [0.25, 0.3) is 11.8 Å². The fourth-order valence-electron chi connectivity index (χ4n) is 0.220. The lowest BCUT2D eigenvalue weighted by molar-refractivity contribution is 0.386. The molecule has 7 heavy (non-hydrogen) atoms. The molecule has 1 heterocycles. The van der Waals surface area contributed by atoms with Crippen molar-refractivity contribution in [2.24, 2.45) is 0 Å². The molecule has 0 aromatic carbocycles. The molecule has 1 aromatic rings. The van der Waals surface area contributed by atoms with Gasteiger partial charge in [-0.05, 0) is 0 Å². The summed E-state index contributed by atoms with van der Waals surface area (Å²) in [6.45, 7) is 0. The van der Waals surface area contributed by atoms with Crippen LogP contribution >= 0.6 is 0 Å². The van der Waals surface area contributed by atoms with Crippen LogP contribution in [0, 0.1) is 0 Å². The largest absolute Gasteiger partial charge is 0.488 e. The SMILES string of the molecule is Oc1n[nH]nc1O. The van der Waals surface area contributed by atoms with E-state index >= 15 is 0 Å². The second kappa shape index (κ2) is 1.11. The molecule has 1 rings (SSSR count). The Bertz CT molecular complexity index is 143. The van der Waals surface area contributed by atoms with E-state index in [0.29, 0.717) is 0 Å². The predicted octanol–water partition coefficient (Wildman–Crippen LogP) is -0.784. The molecule has 0 radical (unpaired) electrons. The summed E-state index contributed by atoms with van der Waals surface area (Å²) in [5.74, 6) is -0.944. The highest BCUT2D eigenvalue weighted by atomic mass is 16.3. The first-order valence-electron chi connectivity index (χ1n) is 1.59. The van der Waals surface area contributed by atoms with Crippen molar-refractivity contribution in [1.82, 2.24) is 15.4 Å². The van der Waals surface area contributed by atoms with E-state index in [1.54, 1.807) is 0 Å². The van der Waals surface area contributed by atoms with Gasteiger partial charge < -0.3 is 10.2 Å². The second-order valence-electron chi connectivity index (χ2n) is 0.971. The average Bonchev–Trinajstić information content (AvgIpc) is 1.91. The number of nitrogens with one attached hydrogen (secondary N) is 1. The van der Waals surface area contributed by atoms with E-state index in [1.807, 2.05) is 5.21 Å². The minimum Gasteiger partial charge on any atom is -0.488 e. The molecule has 0 amide bonds. The van der Waals surface area contributed by atoms with Gasteiger partial charge in [0.2, 0.25) is 0 Å². The van der Waals surface area contributed by atoms with Gasteiger partial charge >= 0.3 is 0 Å². The van der Waals surface area contributed by atoms with Gasteiger partial charge in [-0.2, -0.15) is 5.21 Å². The Labute approximate surface area is 38.6 Å². The zero-order valence-electron chi connectivity index (χ0n) is 3.29. The molecular weight excluding hydrogens is 98.0 g/mol. The van der Waals surface area contributed by atoms with Crippen molar-refractivity contribution in [3.63, 3.8) is 0 Å². The Balaban J connectivity index is 3.12. The van der Waals surface area contributed by atoms with Crippen molar-refractivity contribution < 1.29 is 10.2 Å². The molecule has 5 heteroatoms. The zero-order valence-corrected chi connectivity index (χ0v) is 3.29. The highest BCUT2D eigenvalue weighted by Gasteiger charge is 1.97. The molecule has 0 fully saturated rings. The average molecular weight is 101 g/mol. The molecule has 1 aromatic heterocycles. The van der Waals surface area contributed by atoms with E-state index in [4.69, 9.17) is 10.2 Å². The number of aromatic nitrogens is 3. The quantitative estimate of drug-likeness (QED) is 0.400. The molecule has 0 bridgehead atoms. The van der Waals surface area contributed by atoms with Crippen LogP contribution in [0.4, 0.5) is 0 Å². The molecule has 0 aliphatic carbocycles. The molecule has 0 saturated heterocycles. The van der Waals surface area contributed by atoms with Crippen molar-refractivity contribution in [3.05, 3.63) is 0 Å². The Morgan fingerprint density at radius 1 is 1.14 bits per heavy atom. The first-order valence-corrected chi connectivity index (χ1v) is 1.59. The first kappa shape index (κ1) is 3.91. The van der Waals surface area contributed by atoms with Crippen molar-refractivity contribution >= 4 is 0 Å². The number of nitrogens with zero attached hydrogens (tertiary/aromatic N) is 2. The fraction of sp³-hybridized carbons (Fsp3) is 0. The van der Waals surface area contributed by atoms with E-state index < -0.39 is 11.8 Å². The van der Waals surface area contributed by atoms with E-state index in [-0.39, 0.29) is 0 Å². The summed E-state index contributed by atoms with van der Waals surface area (Å²) in [6.07, 6.45) is 0. The second-order valence-corrected chi connectivity index (χ2v) is 0.971. The van der Waals surface area contributed by atoms with Gasteiger partial charge in [-0.1, -0.05) is 0 Å². The normalized spacial score (nSPS) is 9.14. The lowest BCUT2D eigenvalue weighted by Crippen LogP contribution is -1.64. The van der Waals surface area contributed by atoms with Gasteiger partial charge in [0.05, 0.1) is 0 Å². The lowest BCUT2D eigenvalue weighted by Gasteiger charge is -1.73. The van der Waals surface area contributed by atoms with Crippen LogP contribution in [0.15, 0.2) is 0 Å². The van der Waals surface area contributed by atoms with Crippen LogP contribution in [0.1, 0.15) is 0 Å². The monoisotopic (exact) mass is 101 g/mol. The summed E-state index contributed by atoms with van der Waals surface area (Å²) in [7, 11) is 0. The minimum atomic E-state index is -0.472. The number of H-pyrrole nitrogens is 1. The highest BCUT2D eigenvalue weighted by molar-refractivity contribution is 5.17. The van der Waals surface area contributed by atoms with E-state index in [0.717, 1.165) is 0 Å². The maximum absolute atomic E-state index is 8.30. The van der Waals surface area contributed by atoms with Crippen molar-refractivity contribution in [1.29, 1.82) is 0 Å². The highest BCUT2D eigenvalue weighted by Crippen LogP contribution is 2.13. The maximum atomic E-state index is 8.30. The molecule has 38 valence electrons. The number of hydrogen-bond acceptors (Lipinski definition) is 4. The molecule has 3 N–H and O–H groups in total. The van der Waals surface area contributed by atoms with Crippen LogP contribution < -0.4 is 0 Å². The van der Waals surface area contributed by atoms with Crippen molar-refractivity contribution in [3.8, 4) is 11.8 Å². The zero-order chi connectivity index (χ0) is 5.28. The molecule has 0 atom stereocenters. The topological polar surface area (TPSA) is 82.0 Å². The summed E-state index contributed by atoms with van der Waals surface area (Å²) in [4.78, 5) is 0. The smallest absolute Gasteiger partial charge is 0.295 e. The standard InChI is InChI=1S/C2H3N3O2/c6-1-2(7)4-5-3-1/h(H3,3,4,5,6,7). The van der Waals surface area contributed by atoms with Gasteiger partial charge in [-0.3, -0.25) is 0 Å². The number of aromatic hydroxyl groups is 2. The third-order valence-electron chi connectivity index (χ3n) is 0.512. The van der Waals surface area contributed by atoms with Gasteiger partial charge in [-0.15, -0.1) is 10.2 Å². The van der Waals surface area contributed by atoms with Gasteiger partial charge in [0.15, 0.2) is 0 Å². The Morgan fingerprint density at radius 2 is 1.57 bits per heavy atom. The number of hydrogen-bond donors (Lipinski definition) is 3. The summed E-state index contributed by atoms with van der Waals surface area (Å²) in [5, 5.41) is 24.8. The molecule has 0 aliphatic rings. The molecular formula is C2H3N3O2. The number of aromatic amines is 1. The van der Waals surface area contributed by atoms with Crippen LogP contribution in [0.5, 0.6) is 11.8 Å². The third-order valence-corrected chi connectivity index (χ3v) is 0.512. The van der Waals surface area contributed by atoms with E-state index in [2.05, 4.69) is 10.2 Å². The lowest BCUT2D eigenvalue weighted by atomic mass is 10.8. The van der Waals surface area contributed by atoms with Gasteiger partial charge in [0.1, 0.15) is 0 Å². The summed E-state index contributed by atoms with van der Waals surface area (Å²) >= 11 is 0. The Hall–Kier alpha value is -1.26. The van der Waals surface area contributed by atoms with E-state index in [1.165, 1.54) is 0 Å². The summed E-state index contributed by atoms with van der Waals surface area (Å²) < 4.78 is 0. The van der Waals surface area contributed by atoms with Crippen LogP contribution in [0.3, 0.4) is 0 Å². The predicted molar refractivity (Wildman–Crippen MR) is 19.7 cm³/mol. The maximum Gasteiger partial charge on any atom is 0.295 e. The molecule has 0 spiro atoms. The Kier molecular flexibility index (Phi) is 0.619. The minimum absolute atomic E-state index is 0.472. The molecule has 0 unspecified atom stereocenters. The first-order chi connectivity index (χ1) is 3.30. The third kappa shape index (κ3) is 0.466. The van der Waals surface area contributed by atoms with Crippen LogP contribution in [-0.4, -0.2) is 25.6 Å². The number of rotatable bonds is 0. The molecule has 0 saturated carbocycles. The Morgan fingerprint density at radius 3 is 1.71 bits per heavy atom. The van der Waals surface area contributed by atoms with Crippen LogP contribution in [0.25, 0.3) is 0 Å². The van der Waals surface area contributed by atoms with E-state index in [9.17, 15) is 0 Å².